The van der Waals surface area contributed by atoms with Gasteiger partial charge in [-0.25, -0.2) is 8.42 Å². The Kier molecular flexibility index (Phi) is 4.94. The monoisotopic (exact) mass is 324 g/mol. The molecule has 22 heavy (non-hydrogen) atoms. The van der Waals surface area contributed by atoms with Gasteiger partial charge in [0.15, 0.2) is 0 Å². The van der Waals surface area contributed by atoms with Crippen molar-refractivity contribution in [3.63, 3.8) is 0 Å². The molecule has 2 N–H and O–H groups in total. The summed E-state index contributed by atoms with van der Waals surface area (Å²) in [5.41, 5.74) is 1.84. The largest absolute Gasteiger partial charge is 0.394 e. The number of sulfonamides is 1. The minimum absolute atomic E-state index is 0.174. The Morgan fingerprint density at radius 2 is 1.82 bits per heavy atom. The van der Waals surface area contributed by atoms with Gasteiger partial charge >= 0.3 is 0 Å². The fraction of sp³-hybridized carbons (Fsp3) is 0.429. The van der Waals surface area contributed by atoms with Crippen molar-refractivity contribution in [1.82, 2.24) is 19.7 Å². The van der Waals surface area contributed by atoms with Gasteiger partial charge in [-0.2, -0.15) is 4.72 Å². The molecule has 0 aliphatic rings. The van der Waals surface area contributed by atoms with E-state index in [-0.39, 0.29) is 11.6 Å². The summed E-state index contributed by atoms with van der Waals surface area (Å²) < 4.78 is 28.2. The Morgan fingerprint density at radius 3 is 2.27 bits per heavy atom. The van der Waals surface area contributed by atoms with Crippen LogP contribution in [0.15, 0.2) is 35.5 Å². The lowest BCUT2D eigenvalue weighted by atomic mass is 10.00. The van der Waals surface area contributed by atoms with Gasteiger partial charge in [-0.1, -0.05) is 43.3 Å². The quantitative estimate of drug-likeness (QED) is 0.824. The second-order valence-electron chi connectivity index (χ2n) is 5.41. The smallest absolute Gasteiger partial charge is 0.262 e. The van der Waals surface area contributed by atoms with Crippen molar-refractivity contribution in [3.05, 3.63) is 41.6 Å². The summed E-state index contributed by atoms with van der Waals surface area (Å²) in [6, 6.07) is 6.76. The molecule has 1 heterocycles. The highest BCUT2D eigenvalue weighted by atomic mass is 32.2. The van der Waals surface area contributed by atoms with Crippen LogP contribution in [0.4, 0.5) is 0 Å². The molecule has 0 bridgehead atoms. The number of aliphatic hydroxyl groups excluding tert-OH is 1. The molecule has 2 rings (SSSR count). The molecule has 0 spiro atoms. The van der Waals surface area contributed by atoms with E-state index in [9.17, 15) is 13.5 Å². The van der Waals surface area contributed by atoms with Gasteiger partial charge in [0, 0.05) is 7.05 Å². The Balaban J connectivity index is 2.21. The molecule has 7 nitrogen and oxygen atoms in total. The highest BCUT2D eigenvalue weighted by Gasteiger charge is 2.23. The first-order valence-electron chi connectivity index (χ1n) is 6.93. The van der Waals surface area contributed by atoms with E-state index in [1.54, 1.807) is 7.05 Å². The molecule has 1 unspecified atom stereocenters. The minimum Gasteiger partial charge on any atom is -0.394 e. The maximum absolute atomic E-state index is 12.2. The molecule has 0 fully saturated rings. The third-order valence-corrected chi connectivity index (χ3v) is 4.67. The maximum Gasteiger partial charge on any atom is 0.262 e. The minimum atomic E-state index is -3.83. The second kappa shape index (κ2) is 6.55. The van der Waals surface area contributed by atoms with E-state index in [0.29, 0.717) is 11.5 Å². The summed E-state index contributed by atoms with van der Waals surface area (Å²) in [5.74, 6) is 0.387. The Hall–Kier alpha value is -1.77. The summed E-state index contributed by atoms with van der Waals surface area (Å²) >= 11 is 0. The van der Waals surface area contributed by atoms with E-state index in [2.05, 4.69) is 28.9 Å². The number of rotatable bonds is 6. The zero-order valence-corrected chi connectivity index (χ0v) is 13.6. The predicted molar refractivity (Wildman–Crippen MR) is 81.7 cm³/mol. The number of aryl methyl sites for hydroxylation is 1. The number of aliphatic hydroxyl groups is 1. The molecule has 0 aliphatic heterocycles. The molecule has 1 aromatic carbocycles. The molecule has 2 aromatic rings. The molecule has 0 aliphatic carbocycles. The molecule has 120 valence electrons. The molecule has 1 aromatic heterocycles. The first-order valence-corrected chi connectivity index (χ1v) is 8.41. The summed E-state index contributed by atoms with van der Waals surface area (Å²) in [6.45, 7) is 3.81. The van der Waals surface area contributed by atoms with Crippen LogP contribution in [0.1, 0.15) is 36.9 Å². The van der Waals surface area contributed by atoms with Crippen LogP contribution in [0.5, 0.6) is 0 Å². The van der Waals surface area contributed by atoms with Crippen molar-refractivity contribution < 1.29 is 13.5 Å². The lowest BCUT2D eigenvalue weighted by Crippen LogP contribution is -2.31. The Labute approximate surface area is 130 Å². The van der Waals surface area contributed by atoms with Gasteiger partial charge in [-0.15, -0.1) is 5.10 Å². The maximum atomic E-state index is 12.2. The second-order valence-corrected chi connectivity index (χ2v) is 7.07. The van der Waals surface area contributed by atoms with Crippen LogP contribution in [0.3, 0.4) is 0 Å². The number of nitrogens with one attached hydrogen (secondary N) is 1. The van der Waals surface area contributed by atoms with Crippen LogP contribution in [-0.4, -0.2) is 35.1 Å². The van der Waals surface area contributed by atoms with E-state index in [0.717, 1.165) is 5.56 Å². The van der Waals surface area contributed by atoms with Crippen molar-refractivity contribution in [1.29, 1.82) is 0 Å². The first kappa shape index (κ1) is 16.6. The van der Waals surface area contributed by atoms with Crippen LogP contribution < -0.4 is 4.72 Å². The highest BCUT2D eigenvalue weighted by Crippen LogP contribution is 2.20. The molecule has 8 heteroatoms. The van der Waals surface area contributed by atoms with Crippen molar-refractivity contribution in [2.75, 3.05) is 6.61 Å². The summed E-state index contributed by atoms with van der Waals surface area (Å²) in [6.07, 6.45) is 1.30. The average Bonchev–Trinajstić information content (AvgIpc) is 2.92. The van der Waals surface area contributed by atoms with E-state index in [4.69, 9.17) is 0 Å². The number of nitrogens with zero attached hydrogens (tertiary/aromatic N) is 3. The number of hydrogen-bond donors (Lipinski definition) is 2. The van der Waals surface area contributed by atoms with Crippen LogP contribution in [0.2, 0.25) is 0 Å². The summed E-state index contributed by atoms with van der Waals surface area (Å²) in [4.78, 5) is 0. The average molecular weight is 324 g/mol. The Morgan fingerprint density at radius 1 is 1.23 bits per heavy atom. The molecule has 1 atom stereocenters. The molecule has 0 amide bonds. The van der Waals surface area contributed by atoms with Gasteiger partial charge < -0.3 is 5.11 Å². The standard InChI is InChI=1S/C14H20N4O3S/c1-10(2)11-4-6-12(7-5-11)13(9-19)16-22(20,21)14-8-18(3)17-15-14/h4-8,10,13,16,19H,9H2,1-3H3. The molecule has 0 radical (unpaired) electrons. The topological polar surface area (TPSA) is 97.1 Å². The van der Waals surface area contributed by atoms with Gasteiger partial charge in [0.2, 0.25) is 5.03 Å². The van der Waals surface area contributed by atoms with Crippen LogP contribution in [-0.2, 0) is 17.1 Å². The van der Waals surface area contributed by atoms with E-state index >= 15 is 0 Å². The van der Waals surface area contributed by atoms with Gasteiger partial charge in [-0.3, -0.25) is 4.68 Å². The number of benzene rings is 1. The van der Waals surface area contributed by atoms with Crippen molar-refractivity contribution >= 4 is 10.0 Å². The lowest BCUT2D eigenvalue weighted by Gasteiger charge is -2.16. The molecule has 0 saturated carbocycles. The van der Waals surface area contributed by atoms with Gasteiger partial charge in [0.25, 0.3) is 10.0 Å². The van der Waals surface area contributed by atoms with Gasteiger partial charge in [0.05, 0.1) is 18.8 Å². The van der Waals surface area contributed by atoms with E-state index in [1.807, 2.05) is 24.3 Å². The van der Waals surface area contributed by atoms with Crippen molar-refractivity contribution in [2.45, 2.75) is 30.8 Å². The summed E-state index contributed by atoms with van der Waals surface area (Å²) in [7, 11) is -2.25. The third kappa shape index (κ3) is 3.70. The summed E-state index contributed by atoms with van der Waals surface area (Å²) in [5, 5.41) is 16.5. The van der Waals surface area contributed by atoms with Gasteiger partial charge in [0.1, 0.15) is 0 Å². The third-order valence-electron chi connectivity index (χ3n) is 3.34. The van der Waals surface area contributed by atoms with Crippen molar-refractivity contribution in [2.24, 2.45) is 7.05 Å². The van der Waals surface area contributed by atoms with Crippen LogP contribution >= 0.6 is 0 Å². The van der Waals surface area contributed by atoms with Gasteiger partial charge in [-0.05, 0) is 17.0 Å². The fourth-order valence-electron chi connectivity index (χ4n) is 2.02. The zero-order valence-electron chi connectivity index (χ0n) is 12.8. The van der Waals surface area contributed by atoms with E-state index in [1.165, 1.54) is 10.9 Å². The van der Waals surface area contributed by atoms with Crippen LogP contribution in [0, 0.1) is 0 Å². The lowest BCUT2D eigenvalue weighted by molar-refractivity contribution is 0.258. The number of aromatic nitrogens is 3. The SMILES string of the molecule is CC(C)c1ccc(C(CO)NS(=O)(=O)c2cn(C)nn2)cc1. The number of hydrogen-bond acceptors (Lipinski definition) is 5. The fourth-order valence-corrected chi connectivity index (χ4v) is 3.16. The zero-order chi connectivity index (χ0) is 16.3. The first-order chi connectivity index (χ1) is 10.3. The van der Waals surface area contributed by atoms with Crippen molar-refractivity contribution in [3.8, 4) is 0 Å². The highest BCUT2D eigenvalue weighted by molar-refractivity contribution is 7.89. The van der Waals surface area contributed by atoms with E-state index < -0.39 is 16.1 Å². The molecule has 0 saturated heterocycles. The van der Waals surface area contributed by atoms with Crippen LogP contribution in [0.25, 0.3) is 0 Å². The Bertz CT molecular complexity index is 723. The predicted octanol–water partition coefficient (Wildman–Crippen LogP) is 0.950. The molecular formula is C14H20N4O3S. The molecular weight excluding hydrogens is 304 g/mol. The normalized spacial score (nSPS) is 13.5.